The van der Waals surface area contributed by atoms with Crippen molar-refractivity contribution in [3.63, 3.8) is 0 Å². The van der Waals surface area contributed by atoms with E-state index in [2.05, 4.69) is 22.3 Å². The van der Waals surface area contributed by atoms with E-state index in [0.29, 0.717) is 18.2 Å². The number of aromatic nitrogens is 3. The quantitative estimate of drug-likeness (QED) is 0.659. The first-order valence-corrected chi connectivity index (χ1v) is 5.07. The second kappa shape index (κ2) is 3.98. The van der Waals surface area contributed by atoms with Crippen molar-refractivity contribution in [1.29, 1.82) is 0 Å². The average molecular weight is 209 g/mol. The number of carbonyl (C=O) groups excluding carboxylic acids is 1. The van der Waals surface area contributed by atoms with E-state index in [4.69, 9.17) is 5.73 Å². The molecule has 0 aliphatic carbocycles. The minimum atomic E-state index is -0.0919. The number of likely N-dealkylation sites (tertiary alicyclic amines) is 1. The molecule has 3 N–H and O–H groups in total. The van der Waals surface area contributed by atoms with Crippen LogP contribution in [0.1, 0.15) is 23.8 Å². The van der Waals surface area contributed by atoms with Crippen molar-refractivity contribution in [1.82, 2.24) is 20.3 Å². The third kappa shape index (κ3) is 2.15. The van der Waals surface area contributed by atoms with Crippen LogP contribution < -0.4 is 5.73 Å². The molecule has 1 saturated heterocycles. The van der Waals surface area contributed by atoms with Gasteiger partial charge >= 0.3 is 0 Å². The summed E-state index contributed by atoms with van der Waals surface area (Å²) >= 11 is 0. The molecule has 2 rings (SSSR count). The van der Waals surface area contributed by atoms with Crippen LogP contribution in [0.25, 0.3) is 0 Å². The van der Waals surface area contributed by atoms with Gasteiger partial charge in [0.05, 0.1) is 6.20 Å². The number of hydrogen-bond donors (Lipinski definition) is 2. The van der Waals surface area contributed by atoms with Crippen LogP contribution in [0.4, 0.5) is 0 Å². The number of nitrogens with two attached hydrogens (primary N) is 1. The van der Waals surface area contributed by atoms with Gasteiger partial charge in [-0.15, -0.1) is 0 Å². The summed E-state index contributed by atoms with van der Waals surface area (Å²) < 4.78 is 0. The molecule has 6 nitrogen and oxygen atoms in total. The Hall–Kier alpha value is -1.43. The lowest BCUT2D eigenvalue weighted by molar-refractivity contribution is 0.0655. The lowest BCUT2D eigenvalue weighted by atomic mass is 9.96. The van der Waals surface area contributed by atoms with Crippen molar-refractivity contribution in [2.45, 2.75) is 19.4 Å². The maximum absolute atomic E-state index is 11.9. The van der Waals surface area contributed by atoms with E-state index < -0.39 is 0 Å². The third-order valence-corrected chi connectivity index (χ3v) is 2.61. The van der Waals surface area contributed by atoms with Gasteiger partial charge < -0.3 is 10.6 Å². The SMILES string of the molecule is CC1CC(N)CN(C(=O)c2cn[nH]n2)C1. The van der Waals surface area contributed by atoms with Crippen LogP contribution in [0.5, 0.6) is 0 Å². The topological polar surface area (TPSA) is 87.9 Å². The molecule has 1 aliphatic heterocycles. The van der Waals surface area contributed by atoms with Gasteiger partial charge in [-0.2, -0.15) is 15.4 Å². The summed E-state index contributed by atoms with van der Waals surface area (Å²) in [6, 6.07) is 0.0737. The summed E-state index contributed by atoms with van der Waals surface area (Å²) in [5.74, 6) is 0.357. The summed E-state index contributed by atoms with van der Waals surface area (Å²) in [5, 5.41) is 9.83. The van der Waals surface area contributed by atoms with Gasteiger partial charge in [0.1, 0.15) is 0 Å². The third-order valence-electron chi connectivity index (χ3n) is 2.61. The van der Waals surface area contributed by atoms with E-state index in [0.717, 1.165) is 13.0 Å². The van der Waals surface area contributed by atoms with Crippen molar-refractivity contribution < 1.29 is 4.79 Å². The minimum Gasteiger partial charge on any atom is -0.335 e. The molecular weight excluding hydrogens is 194 g/mol. The Kier molecular flexibility index (Phi) is 2.68. The van der Waals surface area contributed by atoms with E-state index in [-0.39, 0.29) is 11.9 Å². The van der Waals surface area contributed by atoms with E-state index in [1.807, 2.05) is 0 Å². The first-order valence-electron chi connectivity index (χ1n) is 5.07. The van der Waals surface area contributed by atoms with Gasteiger partial charge in [-0.05, 0) is 12.3 Å². The Morgan fingerprint density at radius 2 is 2.47 bits per heavy atom. The highest BCUT2D eigenvalue weighted by Gasteiger charge is 2.27. The number of hydrogen-bond acceptors (Lipinski definition) is 4. The molecule has 2 heterocycles. The maximum atomic E-state index is 11.9. The second-order valence-electron chi connectivity index (χ2n) is 4.17. The molecule has 1 fully saturated rings. The molecule has 1 aromatic heterocycles. The van der Waals surface area contributed by atoms with E-state index >= 15 is 0 Å². The zero-order valence-electron chi connectivity index (χ0n) is 8.68. The van der Waals surface area contributed by atoms with Crippen molar-refractivity contribution in [2.24, 2.45) is 11.7 Å². The molecule has 2 unspecified atom stereocenters. The number of rotatable bonds is 1. The Bertz CT molecular complexity index is 326. The monoisotopic (exact) mass is 209 g/mol. The number of carbonyl (C=O) groups is 1. The predicted octanol–water partition coefficient (Wildman–Crippen LogP) is -0.386. The maximum Gasteiger partial charge on any atom is 0.276 e. The smallest absolute Gasteiger partial charge is 0.276 e. The molecule has 6 heteroatoms. The Morgan fingerprint density at radius 1 is 1.67 bits per heavy atom. The summed E-state index contributed by atoms with van der Waals surface area (Å²) in [6.07, 6.45) is 2.41. The molecule has 0 aromatic carbocycles. The van der Waals surface area contributed by atoms with Gasteiger partial charge in [0.15, 0.2) is 5.69 Å². The van der Waals surface area contributed by atoms with Crippen LogP contribution in [0.3, 0.4) is 0 Å². The summed E-state index contributed by atoms with van der Waals surface area (Å²) in [7, 11) is 0. The van der Waals surface area contributed by atoms with E-state index in [1.54, 1.807) is 4.90 Å². The summed E-state index contributed by atoms with van der Waals surface area (Å²) in [5.41, 5.74) is 6.23. The van der Waals surface area contributed by atoms with Crippen LogP contribution in [-0.2, 0) is 0 Å². The fourth-order valence-corrected chi connectivity index (χ4v) is 2.03. The molecule has 1 aromatic rings. The van der Waals surface area contributed by atoms with Crippen LogP contribution in [0, 0.1) is 5.92 Å². The standard InChI is InChI=1S/C9H15N5O/c1-6-2-7(10)5-14(4-6)9(15)8-3-11-13-12-8/h3,6-7H,2,4-5,10H2,1H3,(H,11,12,13). The fraction of sp³-hybridized carbons (Fsp3) is 0.667. The molecular formula is C9H15N5O. The van der Waals surface area contributed by atoms with Crippen molar-refractivity contribution in [2.75, 3.05) is 13.1 Å². The highest BCUT2D eigenvalue weighted by Crippen LogP contribution is 2.16. The van der Waals surface area contributed by atoms with Gasteiger partial charge in [-0.25, -0.2) is 0 Å². The minimum absolute atomic E-state index is 0.0737. The van der Waals surface area contributed by atoms with E-state index in [9.17, 15) is 4.79 Å². The molecule has 2 atom stereocenters. The molecule has 0 bridgehead atoms. The van der Waals surface area contributed by atoms with Gasteiger partial charge in [0, 0.05) is 19.1 Å². The van der Waals surface area contributed by atoms with Crippen LogP contribution >= 0.6 is 0 Å². The summed E-state index contributed by atoms with van der Waals surface area (Å²) in [4.78, 5) is 13.6. The Balaban J connectivity index is 2.07. The molecule has 1 aliphatic rings. The molecule has 15 heavy (non-hydrogen) atoms. The molecule has 0 radical (unpaired) electrons. The first-order chi connectivity index (χ1) is 7.16. The Morgan fingerprint density at radius 3 is 3.07 bits per heavy atom. The van der Waals surface area contributed by atoms with Crippen LogP contribution in [0.15, 0.2) is 6.20 Å². The first kappa shape index (κ1) is 10.1. The highest BCUT2D eigenvalue weighted by atomic mass is 16.2. The molecule has 1 amide bonds. The second-order valence-corrected chi connectivity index (χ2v) is 4.17. The van der Waals surface area contributed by atoms with Crippen LogP contribution in [0.2, 0.25) is 0 Å². The zero-order chi connectivity index (χ0) is 10.8. The van der Waals surface area contributed by atoms with Gasteiger partial charge in [0.2, 0.25) is 0 Å². The van der Waals surface area contributed by atoms with Crippen LogP contribution in [-0.4, -0.2) is 45.3 Å². The Labute approximate surface area is 87.8 Å². The number of aromatic amines is 1. The van der Waals surface area contributed by atoms with Gasteiger partial charge in [-0.1, -0.05) is 6.92 Å². The number of nitrogens with zero attached hydrogens (tertiary/aromatic N) is 3. The molecule has 82 valence electrons. The van der Waals surface area contributed by atoms with E-state index in [1.165, 1.54) is 6.20 Å². The number of amides is 1. The largest absolute Gasteiger partial charge is 0.335 e. The molecule has 0 spiro atoms. The normalized spacial score (nSPS) is 26.7. The lowest BCUT2D eigenvalue weighted by Crippen LogP contribution is -2.48. The van der Waals surface area contributed by atoms with Crippen molar-refractivity contribution in [3.05, 3.63) is 11.9 Å². The lowest BCUT2D eigenvalue weighted by Gasteiger charge is -2.34. The fourth-order valence-electron chi connectivity index (χ4n) is 2.03. The van der Waals surface area contributed by atoms with Crippen molar-refractivity contribution >= 4 is 5.91 Å². The van der Waals surface area contributed by atoms with Gasteiger partial charge in [-0.3, -0.25) is 4.79 Å². The molecule has 0 saturated carbocycles. The van der Waals surface area contributed by atoms with Crippen molar-refractivity contribution in [3.8, 4) is 0 Å². The average Bonchev–Trinajstić information content (AvgIpc) is 2.67. The summed E-state index contributed by atoms with van der Waals surface area (Å²) in [6.45, 7) is 3.46. The van der Waals surface area contributed by atoms with Gasteiger partial charge in [0.25, 0.3) is 5.91 Å². The number of piperidine rings is 1. The zero-order valence-corrected chi connectivity index (χ0v) is 8.68. The number of H-pyrrole nitrogens is 1. The highest BCUT2D eigenvalue weighted by molar-refractivity contribution is 5.91. The number of nitrogens with one attached hydrogen (secondary N) is 1. The predicted molar refractivity (Wildman–Crippen MR) is 54.0 cm³/mol.